The van der Waals surface area contributed by atoms with E-state index in [9.17, 15) is 0 Å². The van der Waals surface area contributed by atoms with Crippen molar-refractivity contribution in [3.63, 3.8) is 0 Å². The Balaban J connectivity index is 1.87. The highest BCUT2D eigenvalue weighted by molar-refractivity contribution is 5.48. The fraction of sp³-hybridized carbons (Fsp3) is 0.500. The third-order valence-electron chi connectivity index (χ3n) is 2.70. The van der Waals surface area contributed by atoms with Crippen molar-refractivity contribution in [3.8, 4) is 0 Å². The van der Waals surface area contributed by atoms with E-state index in [-0.39, 0.29) is 0 Å². The Morgan fingerprint density at radius 3 is 2.68 bits per heavy atom. The lowest BCUT2D eigenvalue weighted by Crippen LogP contribution is -2.20. The molecule has 0 saturated heterocycles. The monoisotopic (exact) mass is 263 g/mol. The van der Waals surface area contributed by atoms with Crippen molar-refractivity contribution in [3.05, 3.63) is 42.0 Å². The fourth-order valence-electron chi connectivity index (χ4n) is 1.65. The number of nitrogens with one attached hydrogen (secondary N) is 1. The van der Waals surface area contributed by atoms with Crippen LogP contribution >= 0.6 is 0 Å². The molecule has 1 N–H and O–H groups in total. The summed E-state index contributed by atoms with van der Waals surface area (Å²) in [5.74, 6) is 0. The molecule has 1 rings (SSSR count). The zero-order valence-corrected chi connectivity index (χ0v) is 11.8. The van der Waals surface area contributed by atoms with Gasteiger partial charge in [0.15, 0.2) is 0 Å². The molecule has 3 nitrogen and oxygen atoms in total. The van der Waals surface area contributed by atoms with Crippen molar-refractivity contribution in [1.29, 1.82) is 0 Å². The average molecular weight is 263 g/mol. The van der Waals surface area contributed by atoms with Gasteiger partial charge < -0.3 is 14.8 Å². The zero-order valence-electron chi connectivity index (χ0n) is 11.8. The van der Waals surface area contributed by atoms with Gasteiger partial charge in [-0.2, -0.15) is 0 Å². The Morgan fingerprint density at radius 2 is 1.89 bits per heavy atom. The topological polar surface area (TPSA) is 30.5 Å². The first-order valence-electron chi connectivity index (χ1n) is 6.92. The van der Waals surface area contributed by atoms with Gasteiger partial charge in [-0.25, -0.2) is 0 Å². The highest BCUT2D eigenvalue weighted by Crippen LogP contribution is 2.00. The molecule has 0 aromatic heterocycles. The van der Waals surface area contributed by atoms with Crippen molar-refractivity contribution in [2.75, 3.05) is 40.0 Å². The van der Waals surface area contributed by atoms with Crippen molar-refractivity contribution in [2.24, 2.45) is 0 Å². The predicted molar refractivity (Wildman–Crippen MR) is 80.3 cm³/mol. The van der Waals surface area contributed by atoms with Gasteiger partial charge in [-0.05, 0) is 24.9 Å². The van der Waals surface area contributed by atoms with Gasteiger partial charge in [0.05, 0.1) is 13.2 Å². The van der Waals surface area contributed by atoms with Crippen LogP contribution in [0.3, 0.4) is 0 Å². The molecule has 3 heteroatoms. The first kappa shape index (κ1) is 15.9. The van der Waals surface area contributed by atoms with Gasteiger partial charge in [0, 0.05) is 20.3 Å². The lowest BCUT2D eigenvalue weighted by atomic mass is 10.2. The van der Waals surface area contributed by atoms with E-state index >= 15 is 0 Å². The van der Waals surface area contributed by atoms with Gasteiger partial charge >= 0.3 is 0 Å². The van der Waals surface area contributed by atoms with E-state index in [1.807, 2.05) is 18.2 Å². The number of hydrogen-bond donors (Lipinski definition) is 1. The summed E-state index contributed by atoms with van der Waals surface area (Å²) in [6.45, 7) is 4.25. The van der Waals surface area contributed by atoms with Gasteiger partial charge in [-0.15, -0.1) is 0 Å². The average Bonchev–Trinajstić information content (AvgIpc) is 2.46. The molecule has 0 unspecified atom stereocenters. The number of benzene rings is 1. The van der Waals surface area contributed by atoms with E-state index in [0.29, 0.717) is 6.61 Å². The molecule has 19 heavy (non-hydrogen) atoms. The standard InChI is InChI=1S/C16H25NO2/c1-18-15-12-17-11-5-6-13-19-14-7-10-16-8-3-2-4-9-16/h2-4,7-10,17H,5-6,11-15H2,1H3. The molecular weight excluding hydrogens is 238 g/mol. The maximum atomic E-state index is 5.54. The number of hydrogen-bond acceptors (Lipinski definition) is 3. The molecule has 0 amide bonds. The molecule has 0 radical (unpaired) electrons. The molecule has 0 bridgehead atoms. The van der Waals surface area contributed by atoms with Gasteiger partial charge in [0.25, 0.3) is 0 Å². The minimum atomic E-state index is 0.687. The number of rotatable bonds is 11. The molecule has 1 aromatic carbocycles. The third-order valence-corrected chi connectivity index (χ3v) is 2.70. The molecular formula is C16H25NO2. The summed E-state index contributed by atoms with van der Waals surface area (Å²) in [7, 11) is 1.72. The minimum absolute atomic E-state index is 0.687. The summed E-state index contributed by atoms with van der Waals surface area (Å²) in [6, 6.07) is 10.3. The lowest BCUT2D eigenvalue weighted by molar-refractivity contribution is 0.157. The molecule has 0 atom stereocenters. The second kappa shape index (κ2) is 11.9. The van der Waals surface area contributed by atoms with E-state index < -0.39 is 0 Å². The maximum Gasteiger partial charge on any atom is 0.0650 e. The van der Waals surface area contributed by atoms with Gasteiger partial charge in [-0.3, -0.25) is 0 Å². The molecule has 0 spiro atoms. The third kappa shape index (κ3) is 9.42. The SMILES string of the molecule is COCCNCCCCOCC=Cc1ccccc1. The van der Waals surface area contributed by atoms with Crippen LogP contribution in [0, 0.1) is 0 Å². The highest BCUT2D eigenvalue weighted by Gasteiger charge is 1.89. The smallest absolute Gasteiger partial charge is 0.0650 e. The predicted octanol–water partition coefficient (Wildman–Crippen LogP) is 2.73. The van der Waals surface area contributed by atoms with Crippen LogP contribution in [0.1, 0.15) is 18.4 Å². The second-order valence-electron chi connectivity index (χ2n) is 4.34. The van der Waals surface area contributed by atoms with Crippen molar-refractivity contribution in [1.82, 2.24) is 5.32 Å². The van der Waals surface area contributed by atoms with Crippen LogP contribution in [-0.2, 0) is 9.47 Å². The van der Waals surface area contributed by atoms with E-state index in [4.69, 9.17) is 9.47 Å². The molecule has 0 heterocycles. The Kier molecular flexibility index (Phi) is 9.96. The molecule has 0 saturated carbocycles. The summed E-state index contributed by atoms with van der Waals surface area (Å²) in [4.78, 5) is 0. The molecule has 106 valence electrons. The molecule has 0 aliphatic carbocycles. The van der Waals surface area contributed by atoms with E-state index in [2.05, 4.69) is 29.6 Å². The van der Waals surface area contributed by atoms with E-state index in [1.54, 1.807) is 7.11 Å². The summed E-state index contributed by atoms with van der Waals surface area (Å²) in [5, 5.41) is 3.32. The molecule has 1 aromatic rings. The fourth-order valence-corrected chi connectivity index (χ4v) is 1.65. The van der Waals surface area contributed by atoms with Gasteiger partial charge in [0.1, 0.15) is 0 Å². The number of methoxy groups -OCH3 is 1. The van der Waals surface area contributed by atoms with Crippen LogP contribution in [0.2, 0.25) is 0 Å². The molecule has 0 aliphatic rings. The maximum absolute atomic E-state index is 5.54. The molecule has 0 fully saturated rings. The first-order chi connectivity index (χ1) is 9.43. The van der Waals surface area contributed by atoms with Gasteiger partial charge in [0.2, 0.25) is 0 Å². The van der Waals surface area contributed by atoms with Crippen LogP contribution < -0.4 is 5.32 Å². The summed E-state index contributed by atoms with van der Waals surface area (Å²) < 4.78 is 10.5. The summed E-state index contributed by atoms with van der Waals surface area (Å²) in [5.41, 5.74) is 1.22. The Morgan fingerprint density at radius 1 is 1.05 bits per heavy atom. The van der Waals surface area contributed by atoms with Crippen LogP contribution in [-0.4, -0.2) is 40.0 Å². The van der Waals surface area contributed by atoms with Crippen LogP contribution in [0.5, 0.6) is 0 Å². The van der Waals surface area contributed by atoms with Gasteiger partial charge in [-0.1, -0.05) is 42.5 Å². The largest absolute Gasteiger partial charge is 0.383 e. The minimum Gasteiger partial charge on any atom is -0.383 e. The van der Waals surface area contributed by atoms with Crippen molar-refractivity contribution >= 4 is 6.08 Å². The summed E-state index contributed by atoms with van der Waals surface area (Å²) >= 11 is 0. The number of ether oxygens (including phenoxy) is 2. The normalized spacial score (nSPS) is 11.2. The second-order valence-corrected chi connectivity index (χ2v) is 4.34. The molecule has 0 aliphatic heterocycles. The summed E-state index contributed by atoms with van der Waals surface area (Å²) in [6.07, 6.45) is 6.39. The highest BCUT2D eigenvalue weighted by atomic mass is 16.5. The number of unbranched alkanes of at least 4 members (excludes halogenated alkanes) is 1. The van der Waals surface area contributed by atoms with Crippen LogP contribution in [0.15, 0.2) is 36.4 Å². The Labute approximate surface area is 116 Å². The Bertz CT molecular complexity index is 325. The zero-order chi connectivity index (χ0) is 13.6. The quantitative estimate of drug-likeness (QED) is 0.623. The Hall–Kier alpha value is -1.16. The van der Waals surface area contributed by atoms with Crippen molar-refractivity contribution in [2.45, 2.75) is 12.8 Å². The van der Waals surface area contributed by atoms with Crippen LogP contribution in [0.25, 0.3) is 6.08 Å². The van der Waals surface area contributed by atoms with E-state index in [1.165, 1.54) is 5.56 Å². The van der Waals surface area contributed by atoms with Crippen LogP contribution in [0.4, 0.5) is 0 Å². The van der Waals surface area contributed by atoms with Crippen molar-refractivity contribution < 1.29 is 9.47 Å². The first-order valence-corrected chi connectivity index (χ1v) is 6.92. The van der Waals surface area contributed by atoms with E-state index in [0.717, 1.165) is 39.1 Å². The lowest BCUT2D eigenvalue weighted by Gasteiger charge is -2.04.